The number of carbonyl (C=O) groups is 3. The lowest BCUT2D eigenvalue weighted by molar-refractivity contribution is -0.142. The van der Waals surface area contributed by atoms with Crippen LogP contribution in [0.15, 0.2) is 12.1 Å². The Balaban J connectivity index is 2.05. The minimum atomic E-state index is -0.363. The van der Waals surface area contributed by atoms with Crippen LogP contribution in [0.4, 0.5) is 5.69 Å². The zero-order valence-electron chi connectivity index (χ0n) is 17.1. The van der Waals surface area contributed by atoms with Gasteiger partial charge >= 0.3 is 5.97 Å². The number of aldehydes is 1. The highest BCUT2D eigenvalue weighted by molar-refractivity contribution is 6.00. The molecule has 8 nitrogen and oxygen atoms in total. The Morgan fingerprint density at radius 3 is 2.72 bits per heavy atom. The van der Waals surface area contributed by atoms with Gasteiger partial charge in [0, 0.05) is 31.6 Å². The van der Waals surface area contributed by atoms with Crippen LogP contribution in [0.25, 0.3) is 0 Å². The van der Waals surface area contributed by atoms with E-state index in [9.17, 15) is 14.4 Å². The SMILES string of the molecule is COc1cc(C(=O)N2CCC[C@H]2COC(C)=O)c(N)cc1OCCCCCC=O. The maximum absolute atomic E-state index is 13.0. The Kier molecular flexibility index (Phi) is 8.76. The van der Waals surface area contributed by atoms with Crippen molar-refractivity contribution in [1.82, 2.24) is 4.90 Å². The highest BCUT2D eigenvalue weighted by Crippen LogP contribution is 2.34. The number of rotatable bonds is 11. The predicted molar refractivity (Wildman–Crippen MR) is 108 cm³/mol. The molecule has 1 aliphatic rings. The van der Waals surface area contributed by atoms with E-state index in [-0.39, 0.29) is 24.5 Å². The molecule has 2 rings (SSSR count). The largest absolute Gasteiger partial charge is 0.493 e. The molecule has 8 heteroatoms. The van der Waals surface area contributed by atoms with Gasteiger partial charge in [0.25, 0.3) is 5.91 Å². The molecule has 1 heterocycles. The van der Waals surface area contributed by atoms with Crippen molar-refractivity contribution in [2.45, 2.75) is 51.5 Å². The number of nitrogens with zero attached hydrogens (tertiary/aromatic N) is 1. The van der Waals surface area contributed by atoms with Crippen molar-refractivity contribution in [3.8, 4) is 11.5 Å². The first-order valence-corrected chi connectivity index (χ1v) is 9.96. The van der Waals surface area contributed by atoms with Gasteiger partial charge in [0.05, 0.1) is 25.3 Å². The first-order chi connectivity index (χ1) is 14.0. The summed E-state index contributed by atoms with van der Waals surface area (Å²) in [5.74, 6) is 0.343. The fraction of sp³-hybridized carbons (Fsp3) is 0.571. The number of amides is 1. The fourth-order valence-corrected chi connectivity index (χ4v) is 3.37. The molecule has 1 aromatic carbocycles. The van der Waals surface area contributed by atoms with E-state index in [2.05, 4.69) is 0 Å². The van der Waals surface area contributed by atoms with Gasteiger partial charge in [-0.25, -0.2) is 0 Å². The molecule has 0 spiro atoms. The zero-order chi connectivity index (χ0) is 21.2. The molecule has 1 atom stereocenters. The highest BCUT2D eigenvalue weighted by atomic mass is 16.5. The lowest BCUT2D eigenvalue weighted by Crippen LogP contribution is -2.39. The van der Waals surface area contributed by atoms with Gasteiger partial charge in [-0.15, -0.1) is 0 Å². The maximum Gasteiger partial charge on any atom is 0.302 e. The monoisotopic (exact) mass is 406 g/mol. The molecule has 1 saturated heterocycles. The Bertz CT molecular complexity index is 721. The third kappa shape index (κ3) is 6.37. The summed E-state index contributed by atoms with van der Waals surface area (Å²) in [6.45, 7) is 2.60. The van der Waals surface area contributed by atoms with Gasteiger partial charge in [-0.05, 0) is 38.2 Å². The average molecular weight is 406 g/mol. The molecule has 0 radical (unpaired) electrons. The first kappa shape index (κ1) is 22.5. The van der Waals surface area contributed by atoms with Crippen LogP contribution in [0.1, 0.15) is 55.8 Å². The number of benzene rings is 1. The van der Waals surface area contributed by atoms with E-state index >= 15 is 0 Å². The van der Waals surface area contributed by atoms with Crippen LogP contribution in [0, 0.1) is 0 Å². The van der Waals surface area contributed by atoms with Crippen LogP contribution < -0.4 is 15.2 Å². The molecular weight excluding hydrogens is 376 g/mol. The van der Waals surface area contributed by atoms with E-state index in [0.717, 1.165) is 38.4 Å². The minimum absolute atomic E-state index is 0.154. The number of anilines is 1. The van der Waals surface area contributed by atoms with Crippen molar-refractivity contribution in [3.63, 3.8) is 0 Å². The molecule has 160 valence electrons. The molecule has 0 aromatic heterocycles. The number of nitrogen functional groups attached to an aromatic ring is 1. The number of methoxy groups -OCH3 is 1. The minimum Gasteiger partial charge on any atom is -0.493 e. The third-order valence-corrected chi connectivity index (χ3v) is 4.91. The molecule has 1 aromatic rings. The number of esters is 1. The average Bonchev–Trinajstić information content (AvgIpc) is 3.17. The van der Waals surface area contributed by atoms with Crippen LogP contribution in [0.3, 0.4) is 0 Å². The first-order valence-electron chi connectivity index (χ1n) is 9.96. The van der Waals surface area contributed by atoms with Crippen molar-refractivity contribution in [1.29, 1.82) is 0 Å². The summed E-state index contributed by atoms with van der Waals surface area (Å²) in [6, 6.07) is 3.05. The summed E-state index contributed by atoms with van der Waals surface area (Å²) < 4.78 is 16.2. The second-order valence-corrected chi connectivity index (χ2v) is 7.05. The summed E-state index contributed by atoms with van der Waals surface area (Å²) >= 11 is 0. The number of carbonyl (C=O) groups excluding carboxylic acids is 3. The summed E-state index contributed by atoms with van der Waals surface area (Å²) in [5, 5.41) is 0. The molecule has 29 heavy (non-hydrogen) atoms. The van der Waals surface area contributed by atoms with E-state index in [0.29, 0.717) is 42.3 Å². The summed E-state index contributed by atoms with van der Waals surface area (Å²) in [6.07, 6.45) is 5.64. The van der Waals surface area contributed by atoms with Crippen LogP contribution in [-0.2, 0) is 14.3 Å². The number of hydrogen-bond acceptors (Lipinski definition) is 7. The van der Waals surface area contributed by atoms with Crippen molar-refractivity contribution in [2.24, 2.45) is 0 Å². The lowest BCUT2D eigenvalue weighted by Gasteiger charge is -2.25. The Labute approximate surface area is 171 Å². The molecule has 0 saturated carbocycles. The molecule has 0 bridgehead atoms. The third-order valence-electron chi connectivity index (χ3n) is 4.91. The lowest BCUT2D eigenvalue weighted by atomic mass is 10.1. The van der Waals surface area contributed by atoms with Crippen molar-refractivity contribution in [3.05, 3.63) is 17.7 Å². The molecule has 1 fully saturated rings. The van der Waals surface area contributed by atoms with E-state index < -0.39 is 0 Å². The van der Waals surface area contributed by atoms with Gasteiger partial charge in [-0.2, -0.15) is 0 Å². The Hall–Kier alpha value is -2.77. The van der Waals surface area contributed by atoms with Gasteiger partial charge in [0.1, 0.15) is 12.9 Å². The maximum atomic E-state index is 13.0. The second-order valence-electron chi connectivity index (χ2n) is 7.05. The standard InChI is InChI=1S/C21H30N2O6/c1-15(25)29-14-16-8-7-9-23(16)21(26)17-12-19(27-2)20(13-18(17)22)28-11-6-4-3-5-10-24/h10,12-13,16H,3-9,11,14,22H2,1-2H3/t16-/m0/s1. The number of ether oxygens (including phenoxy) is 3. The molecule has 1 aliphatic heterocycles. The predicted octanol–water partition coefficient (Wildman–Crippen LogP) is 2.58. The van der Waals surface area contributed by atoms with E-state index in [1.165, 1.54) is 14.0 Å². The number of hydrogen-bond donors (Lipinski definition) is 1. The van der Waals surface area contributed by atoms with Gasteiger partial charge in [0.15, 0.2) is 11.5 Å². The molecule has 0 aliphatic carbocycles. The zero-order valence-corrected chi connectivity index (χ0v) is 17.1. The molecule has 1 amide bonds. The fourth-order valence-electron chi connectivity index (χ4n) is 3.37. The topological polar surface area (TPSA) is 108 Å². The van der Waals surface area contributed by atoms with E-state index in [1.807, 2.05) is 0 Å². The highest BCUT2D eigenvalue weighted by Gasteiger charge is 2.31. The van der Waals surface area contributed by atoms with E-state index in [4.69, 9.17) is 19.9 Å². The van der Waals surface area contributed by atoms with Crippen molar-refractivity contribution < 1.29 is 28.6 Å². The van der Waals surface area contributed by atoms with Crippen LogP contribution >= 0.6 is 0 Å². The smallest absolute Gasteiger partial charge is 0.302 e. The van der Waals surface area contributed by atoms with Crippen molar-refractivity contribution in [2.75, 3.05) is 32.6 Å². The number of unbranched alkanes of at least 4 members (excludes halogenated alkanes) is 3. The van der Waals surface area contributed by atoms with Gasteiger partial charge < -0.3 is 29.6 Å². The van der Waals surface area contributed by atoms with Crippen LogP contribution in [0.5, 0.6) is 11.5 Å². The second kappa shape index (κ2) is 11.3. The summed E-state index contributed by atoms with van der Waals surface area (Å²) in [7, 11) is 1.51. The number of nitrogens with two attached hydrogens (primary N) is 1. The van der Waals surface area contributed by atoms with Crippen LogP contribution in [-0.4, -0.2) is 56.0 Å². The number of likely N-dealkylation sites (tertiary alicyclic amines) is 1. The van der Waals surface area contributed by atoms with Gasteiger partial charge in [-0.1, -0.05) is 0 Å². The summed E-state index contributed by atoms with van der Waals surface area (Å²) in [5.41, 5.74) is 6.80. The van der Waals surface area contributed by atoms with Crippen molar-refractivity contribution >= 4 is 23.9 Å². The van der Waals surface area contributed by atoms with E-state index in [1.54, 1.807) is 17.0 Å². The molecular formula is C21H30N2O6. The quantitative estimate of drug-likeness (QED) is 0.260. The van der Waals surface area contributed by atoms with Gasteiger partial charge in [-0.3, -0.25) is 9.59 Å². The normalized spacial score (nSPS) is 15.8. The summed E-state index contributed by atoms with van der Waals surface area (Å²) in [4.78, 5) is 36.2. The van der Waals surface area contributed by atoms with Gasteiger partial charge in [0.2, 0.25) is 0 Å². The Morgan fingerprint density at radius 2 is 2.03 bits per heavy atom. The Morgan fingerprint density at radius 1 is 1.24 bits per heavy atom. The van der Waals surface area contributed by atoms with Crippen LogP contribution in [0.2, 0.25) is 0 Å². The molecule has 2 N–H and O–H groups in total. The molecule has 0 unspecified atom stereocenters.